The monoisotopic (exact) mass is 305 g/mol. The van der Waals surface area contributed by atoms with Crippen molar-refractivity contribution in [2.45, 2.75) is 6.92 Å². The molecular formula is C13H11N3O6. The lowest BCUT2D eigenvalue weighted by molar-refractivity contribution is -0.386. The van der Waals surface area contributed by atoms with Gasteiger partial charge < -0.3 is 9.26 Å². The van der Waals surface area contributed by atoms with Gasteiger partial charge in [0.05, 0.1) is 17.0 Å². The van der Waals surface area contributed by atoms with Crippen molar-refractivity contribution in [1.29, 1.82) is 0 Å². The first kappa shape index (κ1) is 15.2. The number of ether oxygens (including phenoxy) is 1. The van der Waals surface area contributed by atoms with Gasteiger partial charge in [-0.1, -0.05) is 17.3 Å². The fourth-order valence-corrected chi connectivity index (χ4v) is 1.84. The number of benzene rings is 1. The van der Waals surface area contributed by atoms with E-state index >= 15 is 0 Å². The van der Waals surface area contributed by atoms with E-state index in [9.17, 15) is 20.2 Å². The fourth-order valence-electron chi connectivity index (χ4n) is 1.84. The predicted molar refractivity (Wildman–Crippen MR) is 76.5 cm³/mol. The maximum Gasteiger partial charge on any atom is 0.338 e. The van der Waals surface area contributed by atoms with Crippen molar-refractivity contribution in [2.75, 3.05) is 7.11 Å². The smallest absolute Gasteiger partial charge is 0.338 e. The molecular weight excluding hydrogens is 294 g/mol. The first-order valence-corrected chi connectivity index (χ1v) is 6.05. The fraction of sp³-hybridized carbons (Fsp3) is 0.154. The van der Waals surface area contributed by atoms with Gasteiger partial charge in [0.2, 0.25) is 5.76 Å². The second-order valence-corrected chi connectivity index (χ2v) is 4.26. The Morgan fingerprint density at radius 3 is 2.55 bits per heavy atom. The number of rotatable bonds is 5. The summed E-state index contributed by atoms with van der Waals surface area (Å²) >= 11 is 0. The molecule has 0 spiro atoms. The van der Waals surface area contributed by atoms with Gasteiger partial charge in [-0.15, -0.1) is 0 Å². The first-order chi connectivity index (χ1) is 10.4. The maximum absolute atomic E-state index is 10.9. The normalized spacial score (nSPS) is 10.8. The highest BCUT2D eigenvalue weighted by atomic mass is 16.6. The van der Waals surface area contributed by atoms with Crippen LogP contribution >= 0.6 is 0 Å². The lowest BCUT2D eigenvalue weighted by atomic mass is 10.1. The predicted octanol–water partition coefficient (Wildman–Crippen LogP) is 2.98. The van der Waals surface area contributed by atoms with Crippen molar-refractivity contribution in [3.63, 3.8) is 0 Å². The number of aromatic nitrogens is 1. The number of methoxy groups -OCH3 is 1. The zero-order chi connectivity index (χ0) is 16.3. The molecule has 0 atom stereocenters. The summed E-state index contributed by atoms with van der Waals surface area (Å²) in [5.41, 5.74) is 0.188. The summed E-state index contributed by atoms with van der Waals surface area (Å²) in [5, 5.41) is 25.4. The van der Waals surface area contributed by atoms with Crippen molar-refractivity contribution in [1.82, 2.24) is 5.16 Å². The summed E-state index contributed by atoms with van der Waals surface area (Å²) in [4.78, 5) is 20.7. The summed E-state index contributed by atoms with van der Waals surface area (Å²) in [6.07, 6.45) is 2.79. The molecule has 0 bridgehead atoms. The summed E-state index contributed by atoms with van der Waals surface area (Å²) in [7, 11) is 1.33. The van der Waals surface area contributed by atoms with Crippen LogP contribution in [0.1, 0.15) is 17.0 Å². The Morgan fingerprint density at radius 1 is 1.23 bits per heavy atom. The largest absolute Gasteiger partial charge is 0.490 e. The second-order valence-electron chi connectivity index (χ2n) is 4.26. The molecule has 0 amide bonds. The highest BCUT2D eigenvalue weighted by Gasteiger charge is 2.22. The number of aryl methyl sites for hydroxylation is 1. The van der Waals surface area contributed by atoms with Crippen LogP contribution in [0.5, 0.6) is 5.75 Å². The van der Waals surface area contributed by atoms with E-state index in [0.29, 0.717) is 5.56 Å². The molecule has 114 valence electrons. The molecule has 0 saturated carbocycles. The molecule has 0 saturated heterocycles. The third-order valence-electron chi connectivity index (χ3n) is 2.87. The van der Waals surface area contributed by atoms with E-state index in [-0.39, 0.29) is 28.6 Å². The molecule has 9 nitrogen and oxygen atoms in total. The lowest BCUT2D eigenvalue weighted by Crippen LogP contribution is -1.93. The zero-order valence-corrected chi connectivity index (χ0v) is 11.7. The van der Waals surface area contributed by atoms with E-state index in [2.05, 4.69) is 5.16 Å². The van der Waals surface area contributed by atoms with Crippen LogP contribution in [0.25, 0.3) is 12.2 Å². The van der Waals surface area contributed by atoms with E-state index in [1.54, 1.807) is 6.07 Å². The van der Waals surface area contributed by atoms with Crippen molar-refractivity contribution < 1.29 is 19.1 Å². The Morgan fingerprint density at radius 2 is 1.95 bits per heavy atom. The van der Waals surface area contributed by atoms with E-state index in [4.69, 9.17) is 9.26 Å². The Kier molecular flexibility index (Phi) is 4.16. The van der Waals surface area contributed by atoms with Gasteiger partial charge in [0.1, 0.15) is 0 Å². The highest BCUT2D eigenvalue weighted by Crippen LogP contribution is 2.29. The molecule has 22 heavy (non-hydrogen) atoms. The van der Waals surface area contributed by atoms with E-state index in [1.165, 1.54) is 38.3 Å². The van der Waals surface area contributed by atoms with Crippen molar-refractivity contribution in [3.8, 4) is 5.75 Å². The third-order valence-corrected chi connectivity index (χ3v) is 2.87. The average Bonchev–Trinajstić information content (AvgIpc) is 2.85. The van der Waals surface area contributed by atoms with Crippen LogP contribution in [-0.4, -0.2) is 22.1 Å². The number of nitro groups is 2. The summed E-state index contributed by atoms with van der Waals surface area (Å²) in [6.45, 7) is 1.46. The molecule has 1 aromatic heterocycles. The van der Waals surface area contributed by atoms with E-state index in [1.807, 2.05) is 0 Å². The summed E-state index contributed by atoms with van der Waals surface area (Å²) in [6, 6.07) is 4.32. The Hall–Kier alpha value is -3.23. The van der Waals surface area contributed by atoms with Crippen LogP contribution in [0.4, 0.5) is 11.4 Å². The van der Waals surface area contributed by atoms with Gasteiger partial charge in [0.25, 0.3) is 0 Å². The minimum Gasteiger partial charge on any atom is -0.490 e. The first-order valence-electron chi connectivity index (χ1n) is 6.05. The van der Waals surface area contributed by atoms with E-state index < -0.39 is 9.85 Å². The second kappa shape index (κ2) is 6.04. The molecule has 0 aliphatic heterocycles. The van der Waals surface area contributed by atoms with Gasteiger partial charge in [0, 0.05) is 6.07 Å². The number of nitrogens with zero attached hydrogens (tertiary/aromatic N) is 3. The minimum atomic E-state index is -0.595. The van der Waals surface area contributed by atoms with Gasteiger partial charge in [-0.05, 0) is 24.6 Å². The van der Waals surface area contributed by atoms with Gasteiger partial charge >= 0.3 is 11.4 Å². The van der Waals surface area contributed by atoms with E-state index in [0.717, 1.165) is 0 Å². The zero-order valence-electron chi connectivity index (χ0n) is 11.7. The third kappa shape index (κ3) is 2.92. The Balaban J connectivity index is 2.37. The van der Waals surface area contributed by atoms with Crippen molar-refractivity contribution in [3.05, 3.63) is 55.4 Å². The number of nitro benzene ring substituents is 1. The minimum absolute atomic E-state index is 0.0269. The molecule has 2 aromatic rings. The molecule has 1 aromatic carbocycles. The molecule has 0 aliphatic rings. The molecule has 1 heterocycles. The van der Waals surface area contributed by atoms with Gasteiger partial charge in [-0.25, -0.2) is 0 Å². The van der Waals surface area contributed by atoms with Crippen molar-refractivity contribution in [2.24, 2.45) is 0 Å². The Labute approximate surface area is 124 Å². The van der Waals surface area contributed by atoms with Crippen LogP contribution in [0, 0.1) is 27.2 Å². The molecule has 0 radical (unpaired) electrons. The van der Waals surface area contributed by atoms with Crippen LogP contribution in [0.3, 0.4) is 0 Å². The van der Waals surface area contributed by atoms with Crippen LogP contribution < -0.4 is 4.74 Å². The van der Waals surface area contributed by atoms with Gasteiger partial charge in [-0.2, -0.15) is 0 Å². The highest BCUT2D eigenvalue weighted by molar-refractivity contribution is 5.73. The number of hydrogen-bond donors (Lipinski definition) is 0. The standard InChI is InChI=1S/C13H11N3O6/c1-8-13(16(19)20)12(22-14-8)6-4-9-3-5-11(21-2)10(7-9)15(17)18/h3-7H,1-2H3/b6-4-. The molecule has 2 rings (SSSR count). The maximum atomic E-state index is 10.9. The van der Waals surface area contributed by atoms with Crippen LogP contribution in [-0.2, 0) is 0 Å². The SMILES string of the molecule is COc1ccc(/C=C\c2onc(C)c2[N+](=O)[O-])cc1[N+](=O)[O-]. The molecule has 0 unspecified atom stereocenters. The average molecular weight is 305 g/mol. The quantitative estimate of drug-likeness (QED) is 0.614. The topological polar surface area (TPSA) is 122 Å². The van der Waals surface area contributed by atoms with Crippen LogP contribution in [0.15, 0.2) is 22.7 Å². The Bertz CT molecular complexity index is 765. The molecule has 0 N–H and O–H groups in total. The van der Waals surface area contributed by atoms with Crippen molar-refractivity contribution >= 4 is 23.5 Å². The molecule has 9 heteroatoms. The van der Waals surface area contributed by atoms with Gasteiger partial charge in [-0.3, -0.25) is 20.2 Å². The summed E-state index contributed by atoms with van der Waals surface area (Å²) in [5.74, 6) is 0.101. The van der Waals surface area contributed by atoms with Gasteiger partial charge in [0.15, 0.2) is 11.4 Å². The number of hydrogen-bond acceptors (Lipinski definition) is 7. The molecule has 0 aliphatic carbocycles. The summed E-state index contributed by atoms with van der Waals surface area (Å²) < 4.78 is 9.76. The molecule has 0 fully saturated rings. The lowest BCUT2D eigenvalue weighted by Gasteiger charge is -2.01. The van der Waals surface area contributed by atoms with Crippen LogP contribution in [0.2, 0.25) is 0 Å².